The van der Waals surface area contributed by atoms with Crippen molar-refractivity contribution in [2.45, 2.75) is 19.8 Å². The van der Waals surface area contributed by atoms with Gasteiger partial charge < -0.3 is 16.8 Å². The number of hydrogen-bond acceptors (Lipinski definition) is 5. The Kier molecular flexibility index (Phi) is 3.61. The third-order valence-corrected chi connectivity index (χ3v) is 4.09. The molecule has 0 aliphatic heterocycles. The Hall–Kier alpha value is -1.82. The number of carbonyl (C=O) groups is 2. The van der Waals surface area contributed by atoms with E-state index < -0.39 is 5.91 Å². The van der Waals surface area contributed by atoms with E-state index in [2.05, 4.69) is 11.9 Å². The summed E-state index contributed by atoms with van der Waals surface area (Å²) in [5.74, 6) is -0.531. The molecule has 0 unspecified atom stereocenters. The van der Waals surface area contributed by atoms with Crippen LogP contribution in [0.15, 0.2) is 12.2 Å². The molecule has 6 heteroatoms. The molecular weight excluding hydrogens is 262 g/mol. The van der Waals surface area contributed by atoms with Crippen LogP contribution in [0.25, 0.3) is 0 Å². The molecule has 1 aromatic rings. The van der Waals surface area contributed by atoms with E-state index in [0.29, 0.717) is 16.4 Å². The van der Waals surface area contributed by atoms with Gasteiger partial charge in [0.15, 0.2) is 5.78 Å². The molecule has 1 aliphatic carbocycles. The molecular formula is C13H17N3O2S. The maximum atomic E-state index is 12.1. The first-order chi connectivity index (χ1) is 8.91. The van der Waals surface area contributed by atoms with Crippen molar-refractivity contribution in [1.82, 2.24) is 0 Å². The predicted molar refractivity (Wildman–Crippen MR) is 77.6 cm³/mol. The minimum atomic E-state index is -0.618. The van der Waals surface area contributed by atoms with E-state index in [1.54, 1.807) is 0 Å². The van der Waals surface area contributed by atoms with Gasteiger partial charge >= 0.3 is 0 Å². The maximum Gasteiger partial charge on any atom is 0.253 e. The first kappa shape index (κ1) is 13.6. The first-order valence-corrected chi connectivity index (χ1v) is 6.88. The van der Waals surface area contributed by atoms with Crippen LogP contribution in [0.2, 0.25) is 0 Å². The van der Waals surface area contributed by atoms with Crippen molar-refractivity contribution in [2.75, 3.05) is 17.6 Å². The molecule has 1 amide bonds. The van der Waals surface area contributed by atoms with Gasteiger partial charge in [0.2, 0.25) is 0 Å². The molecule has 0 bridgehead atoms. The summed E-state index contributed by atoms with van der Waals surface area (Å²) in [5.41, 5.74) is 12.6. The molecule has 2 rings (SSSR count). The number of nitrogens with one attached hydrogen (secondary N) is 1. The van der Waals surface area contributed by atoms with Crippen LogP contribution in [-0.2, 0) is 0 Å². The number of amides is 1. The second-order valence-corrected chi connectivity index (χ2v) is 5.88. The highest BCUT2D eigenvalue weighted by molar-refractivity contribution is 7.19. The fraction of sp³-hybridized carbons (Fsp3) is 0.385. The normalized spacial score (nSPS) is 14.2. The molecule has 102 valence electrons. The summed E-state index contributed by atoms with van der Waals surface area (Å²) in [7, 11) is 0. The van der Waals surface area contributed by atoms with Gasteiger partial charge in [-0.2, -0.15) is 0 Å². The third-order valence-electron chi connectivity index (χ3n) is 2.91. The van der Waals surface area contributed by atoms with Gasteiger partial charge in [-0.15, -0.1) is 11.3 Å². The molecule has 19 heavy (non-hydrogen) atoms. The van der Waals surface area contributed by atoms with Crippen LogP contribution in [0.5, 0.6) is 0 Å². The van der Waals surface area contributed by atoms with Crippen molar-refractivity contribution in [2.24, 2.45) is 11.7 Å². The summed E-state index contributed by atoms with van der Waals surface area (Å²) in [4.78, 5) is 24.0. The molecule has 1 heterocycles. The number of carbonyl (C=O) groups excluding carboxylic acids is 2. The number of Topliss-reactive ketones (excluding diaryl/α,β-unsaturated/α-hetero) is 1. The Balaban J connectivity index is 2.35. The van der Waals surface area contributed by atoms with E-state index >= 15 is 0 Å². The van der Waals surface area contributed by atoms with E-state index in [0.717, 1.165) is 18.4 Å². The van der Waals surface area contributed by atoms with Crippen LogP contribution in [0.3, 0.4) is 0 Å². The number of nitrogen functional groups attached to an aromatic ring is 1. The Labute approximate surface area is 115 Å². The van der Waals surface area contributed by atoms with Gasteiger partial charge in [0.25, 0.3) is 5.91 Å². The Morgan fingerprint density at radius 2 is 2.11 bits per heavy atom. The number of nitrogens with two attached hydrogens (primary N) is 2. The fourth-order valence-electron chi connectivity index (χ4n) is 1.76. The lowest BCUT2D eigenvalue weighted by Crippen LogP contribution is -2.15. The molecule has 1 aromatic heterocycles. The summed E-state index contributed by atoms with van der Waals surface area (Å²) < 4.78 is 0. The fourth-order valence-corrected chi connectivity index (χ4v) is 2.90. The van der Waals surface area contributed by atoms with Crippen LogP contribution in [0.4, 0.5) is 10.7 Å². The highest BCUT2D eigenvalue weighted by Gasteiger charge is 2.34. The predicted octanol–water partition coefficient (Wildman–Crippen LogP) is 2.01. The standard InChI is InChI=1S/C13H17N3O2S/c1-6(2)5-16-13-8(12(15)18)9(14)11(19-13)10(17)7-3-4-7/h7,16H,1,3-5,14H2,2H3,(H2,15,18). The van der Waals surface area contributed by atoms with Crippen LogP contribution in [0, 0.1) is 5.92 Å². The van der Waals surface area contributed by atoms with Crippen LogP contribution in [0.1, 0.15) is 39.8 Å². The topological polar surface area (TPSA) is 98.2 Å². The zero-order valence-electron chi connectivity index (χ0n) is 10.8. The van der Waals surface area contributed by atoms with Gasteiger partial charge in [0, 0.05) is 12.5 Å². The number of ketones is 1. The summed E-state index contributed by atoms with van der Waals surface area (Å²) in [6, 6.07) is 0. The van der Waals surface area contributed by atoms with Crippen LogP contribution < -0.4 is 16.8 Å². The van der Waals surface area contributed by atoms with Gasteiger partial charge in [0.05, 0.1) is 16.1 Å². The number of rotatable bonds is 6. The molecule has 0 radical (unpaired) electrons. The van der Waals surface area contributed by atoms with Gasteiger partial charge in [-0.25, -0.2) is 0 Å². The molecule has 0 saturated heterocycles. The van der Waals surface area contributed by atoms with Gasteiger partial charge in [-0.05, 0) is 19.8 Å². The molecule has 1 saturated carbocycles. The third kappa shape index (κ3) is 2.78. The lowest BCUT2D eigenvalue weighted by molar-refractivity contribution is 0.0972. The van der Waals surface area contributed by atoms with E-state index in [4.69, 9.17) is 11.5 Å². The largest absolute Gasteiger partial charge is 0.397 e. The van der Waals surface area contributed by atoms with Crippen LogP contribution in [-0.4, -0.2) is 18.2 Å². The maximum absolute atomic E-state index is 12.1. The molecule has 0 spiro atoms. The number of primary amides is 1. The second kappa shape index (κ2) is 5.05. The monoisotopic (exact) mass is 279 g/mol. The van der Waals surface area contributed by atoms with Crippen molar-refractivity contribution in [3.8, 4) is 0 Å². The lowest BCUT2D eigenvalue weighted by Gasteiger charge is -2.04. The number of anilines is 2. The average Bonchev–Trinajstić information content (AvgIpc) is 3.10. The molecule has 0 aromatic carbocycles. The number of hydrogen-bond donors (Lipinski definition) is 3. The summed E-state index contributed by atoms with van der Waals surface area (Å²) >= 11 is 1.21. The Morgan fingerprint density at radius 1 is 1.47 bits per heavy atom. The van der Waals surface area contributed by atoms with Crippen molar-refractivity contribution in [3.63, 3.8) is 0 Å². The Bertz CT molecular complexity index is 558. The quantitative estimate of drug-likeness (QED) is 0.548. The van der Waals surface area contributed by atoms with Gasteiger partial charge in [0.1, 0.15) is 5.00 Å². The highest BCUT2D eigenvalue weighted by atomic mass is 32.1. The minimum Gasteiger partial charge on any atom is -0.397 e. The SMILES string of the molecule is C=C(C)CNc1sc(C(=O)C2CC2)c(N)c1C(N)=O. The molecule has 5 N–H and O–H groups in total. The van der Waals surface area contributed by atoms with E-state index in [-0.39, 0.29) is 23.0 Å². The van der Waals surface area contributed by atoms with Crippen molar-refractivity contribution >= 4 is 33.7 Å². The second-order valence-electron chi connectivity index (χ2n) is 4.86. The molecule has 1 aliphatic rings. The Morgan fingerprint density at radius 3 is 2.58 bits per heavy atom. The average molecular weight is 279 g/mol. The van der Waals surface area contributed by atoms with Gasteiger partial charge in [-0.1, -0.05) is 12.2 Å². The summed E-state index contributed by atoms with van der Waals surface area (Å²) in [5, 5.41) is 3.61. The minimum absolute atomic E-state index is 0.0216. The summed E-state index contributed by atoms with van der Waals surface area (Å²) in [6.45, 7) is 6.15. The smallest absolute Gasteiger partial charge is 0.253 e. The lowest BCUT2D eigenvalue weighted by atomic mass is 10.1. The van der Waals surface area contributed by atoms with E-state index in [1.807, 2.05) is 6.92 Å². The highest BCUT2D eigenvalue weighted by Crippen LogP contribution is 2.41. The van der Waals surface area contributed by atoms with Crippen LogP contribution >= 0.6 is 11.3 Å². The molecule has 5 nitrogen and oxygen atoms in total. The summed E-state index contributed by atoms with van der Waals surface area (Å²) in [6.07, 6.45) is 1.80. The number of thiophene rings is 1. The van der Waals surface area contributed by atoms with Gasteiger partial charge in [-0.3, -0.25) is 9.59 Å². The van der Waals surface area contributed by atoms with Crippen molar-refractivity contribution < 1.29 is 9.59 Å². The molecule has 1 fully saturated rings. The van der Waals surface area contributed by atoms with E-state index in [9.17, 15) is 9.59 Å². The zero-order valence-corrected chi connectivity index (χ0v) is 11.6. The first-order valence-electron chi connectivity index (χ1n) is 6.06. The molecule has 0 atom stereocenters. The zero-order chi connectivity index (χ0) is 14.2. The van der Waals surface area contributed by atoms with Crippen molar-refractivity contribution in [3.05, 3.63) is 22.6 Å². The van der Waals surface area contributed by atoms with Crippen molar-refractivity contribution in [1.29, 1.82) is 0 Å². The van der Waals surface area contributed by atoms with E-state index in [1.165, 1.54) is 11.3 Å².